The van der Waals surface area contributed by atoms with E-state index in [9.17, 15) is 9.59 Å². The Morgan fingerprint density at radius 3 is 2.89 bits per heavy atom. The van der Waals surface area contributed by atoms with Crippen LogP contribution in [0.4, 0.5) is 0 Å². The van der Waals surface area contributed by atoms with Gasteiger partial charge in [0, 0.05) is 27.3 Å². The molecular weight excluding hydrogens is 236 g/mol. The summed E-state index contributed by atoms with van der Waals surface area (Å²) in [6.45, 7) is 1.14. The molecule has 1 heterocycles. The Bertz CT molecular complexity index is 375. The highest BCUT2D eigenvalue weighted by atomic mass is 16.5. The molecule has 1 rings (SSSR count). The zero-order valence-corrected chi connectivity index (χ0v) is 10.6. The molecule has 1 aromatic rings. The number of likely N-dealkylation sites (N-methyl/N-ethyl adjacent to an activating group) is 1. The van der Waals surface area contributed by atoms with Gasteiger partial charge in [0.05, 0.1) is 12.8 Å². The molecule has 6 nitrogen and oxygen atoms in total. The molecule has 0 radical (unpaired) electrons. The van der Waals surface area contributed by atoms with E-state index in [1.165, 1.54) is 11.2 Å². The molecule has 0 aliphatic heterocycles. The minimum atomic E-state index is -0.313. The molecule has 6 heteroatoms. The van der Waals surface area contributed by atoms with Crippen LogP contribution in [0.15, 0.2) is 22.8 Å². The number of methoxy groups -OCH3 is 1. The lowest BCUT2D eigenvalue weighted by molar-refractivity contribution is -0.121. The maximum absolute atomic E-state index is 11.7. The molecular formula is C12H18N2O4. The summed E-state index contributed by atoms with van der Waals surface area (Å²) in [5.74, 6) is -0.287. The minimum Gasteiger partial charge on any atom is -0.459 e. The van der Waals surface area contributed by atoms with E-state index in [4.69, 9.17) is 9.15 Å². The highest BCUT2D eigenvalue weighted by Crippen LogP contribution is 2.03. The largest absolute Gasteiger partial charge is 0.459 e. The number of rotatable bonds is 7. The van der Waals surface area contributed by atoms with Crippen LogP contribution < -0.4 is 5.32 Å². The van der Waals surface area contributed by atoms with Crippen LogP contribution in [0.2, 0.25) is 0 Å². The fraction of sp³-hybridized carbons (Fsp3) is 0.500. The fourth-order valence-electron chi connectivity index (χ4n) is 1.38. The summed E-state index contributed by atoms with van der Waals surface area (Å²) in [4.78, 5) is 24.6. The molecule has 0 aliphatic rings. The van der Waals surface area contributed by atoms with Gasteiger partial charge in [0.2, 0.25) is 5.91 Å². The van der Waals surface area contributed by atoms with Crippen molar-refractivity contribution in [2.45, 2.75) is 6.42 Å². The Kier molecular flexibility index (Phi) is 5.93. The van der Waals surface area contributed by atoms with Crippen LogP contribution in [-0.4, -0.2) is 50.6 Å². The van der Waals surface area contributed by atoms with Gasteiger partial charge in [0.25, 0.3) is 5.91 Å². The summed E-state index contributed by atoms with van der Waals surface area (Å²) >= 11 is 0. The fourth-order valence-corrected chi connectivity index (χ4v) is 1.38. The molecule has 0 saturated heterocycles. The second-order valence-electron chi connectivity index (χ2n) is 3.83. The van der Waals surface area contributed by atoms with Crippen LogP contribution >= 0.6 is 0 Å². The highest BCUT2D eigenvalue weighted by molar-refractivity contribution is 5.94. The standard InChI is InChI=1S/C12H18N2O4/c1-14(12(16)10-5-3-8-18-10)9-11(15)13-6-4-7-17-2/h3,5,8H,4,6-7,9H2,1-2H3,(H,13,15). The van der Waals surface area contributed by atoms with Gasteiger partial charge in [0.15, 0.2) is 5.76 Å². The molecule has 0 atom stereocenters. The Morgan fingerprint density at radius 2 is 2.28 bits per heavy atom. The first-order valence-electron chi connectivity index (χ1n) is 5.69. The number of hydrogen-bond acceptors (Lipinski definition) is 4. The van der Waals surface area contributed by atoms with E-state index >= 15 is 0 Å². The molecule has 1 aromatic heterocycles. The summed E-state index contributed by atoms with van der Waals surface area (Å²) in [7, 11) is 3.16. The zero-order valence-electron chi connectivity index (χ0n) is 10.6. The van der Waals surface area contributed by atoms with Crippen LogP contribution in [0, 0.1) is 0 Å². The van der Waals surface area contributed by atoms with Crippen LogP contribution in [0.1, 0.15) is 17.0 Å². The van der Waals surface area contributed by atoms with Gasteiger partial charge in [-0.1, -0.05) is 0 Å². The molecule has 0 spiro atoms. The monoisotopic (exact) mass is 254 g/mol. The van der Waals surface area contributed by atoms with Gasteiger partial charge in [-0.15, -0.1) is 0 Å². The summed E-state index contributed by atoms with van der Waals surface area (Å²) in [5.41, 5.74) is 0. The van der Waals surface area contributed by atoms with E-state index in [1.54, 1.807) is 26.3 Å². The van der Waals surface area contributed by atoms with Crippen molar-refractivity contribution < 1.29 is 18.7 Å². The normalized spacial score (nSPS) is 10.1. The topological polar surface area (TPSA) is 71.8 Å². The minimum absolute atomic E-state index is 0.00646. The Balaban J connectivity index is 2.29. The van der Waals surface area contributed by atoms with Crippen molar-refractivity contribution in [1.82, 2.24) is 10.2 Å². The van der Waals surface area contributed by atoms with Gasteiger partial charge < -0.3 is 19.4 Å². The van der Waals surface area contributed by atoms with Crippen molar-refractivity contribution in [3.8, 4) is 0 Å². The third kappa shape index (κ3) is 4.58. The maximum Gasteiger partial charge on any atom is 0.289 e. The van der Waals surface area contributed by atoms with Gasteiger partial charge in [0.1, 0.15) is 0 Å². The van der Waals surface area contributed by atoms with E-state index in [0.29, 0.717) is 13.2 Å². The molecule has 18 heavy (non-hydrogen) atoms. The van der Waals surface area contributed by atoms with Gasteiger partial charge in [-0.2, -0.15) is 0 Å². The molecule has 0 fully saturated rings. The van der Waals surface area contributed by atoms with Crippen LogP contribution in [-0.2, 0) is 9.53 Å². The van der Waals surface area contributed by atoms with Crippen molar-refractivity contribution in [2.75, 3.05) is 33.9 Å². The van der Waals surface area contributed by atoms with Gasteiger partial charge in [-0.25, -0.2) is 0 Å². The maximum atomic E-state index is 11.7. The second-order valence-corrected chi connectivity index (χ2v) is 3.83. The average Bonchev–Trinajstić information content (AvgIpc) is 2.87. The quantitative estimate of drug-likeness (QED) is 0.719. The predicted octanol–water partition coefficient (Wildman–Crippen LogP) is 0.504. The second kappa shape index (κ2) is 7.50. The van der Waals surface area contributed by atoms with Crippen molar-refractivity contribution in [1.29, 1.82) is 0 Å². The van der Waals surface area contributed by atoms with E-state index < -0.39 is 0 Å². The number of nitrogens with zero attached hydrogens (tertiary/aromatic N) is 1. The van der Waals surface area contributed by atoms with Crippen molar-refractivity contribution in [3.05, 3.63) is 24.2 Å². The molecule has 0 aromatic carbocycles. The third-order valence-electron chi connectivity index (χ3n) is 2.31. The van der Waals surface area contributed by atoms with Crippen molar-refractivity contribution in [3.63, 3.8) is 0 Å². The number of carbonyl (C=O) groups is 2. The van der Waals surface area contributed by atoms with E-state index in [1.807, 2.05) is 0 Å². The molecule has 0 bridgehead atoms. The van der Waals surface area contributed by atoms with Crippen molar-refractivity contribution in [2.24, 2.45) is 0 Å². The summed E-state index contributed by atoms with van der Waals surface area (Å²) in [6.07, 6.45) is 2.17. The van der Waals surface area contributed by atoms with Gasteiger partial charge >= 0.3 is 0 Å². The van der Waals surface area contributed by atoms with Crippen LogP contribution in [0.5, 0.6) is 0 Å². The molecule has 100 valence electrons. The first-order valence-corrected chi connectivity index (χ1v) is 5.69. The predicted molar refractivity (Wildman–Crippen MR) is 65.2 cm³/mol. The SMILES string of the molecule is COCCCNC(=O)CN(C)C(=O)c1ccco1. The van der Waals surface area contributed by atoms with Crippen LogP contribution in [0.25, 0.3) is 0 Å². The van der Waals surface area contributed by atoms with Gasteiger partial charge in [-0.3, -0.25) is 9.59 Å². The number of furan rings is 1. The number of carbonyl (C=O) groups excluding carboxylic acids is 2. The highest BCUT2D eigenvalue weighted by Gasteiger charge is 2.16. The number of nitrogens with one attached hydrogen (secondary N) is 1. The molecule has 0 aliphatic carbocycles. The number of hydrogen-bond donors (Lipinski definition) is 1. The molecule has 0 unspecified atom stereocenters. The molecule has 2 amide bonds. The lowest BCUT2D eigenvalue weighted by Gasteiger charge is -2.15. The number of amides is 2. The summed E-state index contributed by atoms with van der Waals surface area (Å²) in [6, 6.07) is 3.20. The summed E-state index contributed by atoms with van der Waals surface area (Å²) in [5, 5.41) is 2.71. The van der Waals surface area contributed by atoms with Gasteiger partial charge in [-0.05, 0) is 18.6 Å². The summed E-state index contributed by atoms with van der Waals surface area (Å²) < 4.78 is 9.84. The first-order chi connectivity index (χ1) is 8.65. The molecule has 0 saturated carbocycles. The van der Waals surface area contributed by atoms with Crippen molar-refractivity contribution >= 4 is 11.8 Å². The van der Waals surface area contributed by atoms with E-state index in [2.05, 4.69) is 5.32 Å². The Morgan fingerprint density at radius 1 is 1.50 bits per heavy atom. The Labute approximate surface area is 106 Å². The first kappa shape index (κ1) is 14.2. The smallest absolute Gasteiger partial charge is 0.289 e. The average molecular weight is 254 g/mol. The zero-order chi connectivity index (χ0) is 13.4. The third-order valence-corrected chi connectivity index (χ3v) is 2.31. The molecule has 1 N–H and O–H groups in total. The van der Waals surface area contributed by atoms with Crippen LogP contribution in [0.3, 0.4) is 0 Å². The van der Waals surface area contributed by atoms with E-state index in [0.717, 1.165) is 6.42 Å². The lowest BCUT2D eigenvalue weighted by Crippen LogP contribution is -2.38. The Hall–Kier alpha value is -1.82. The number of ether oxygens (including phenoxy) is 1. The van der Waals surface area contributed by atoms with E-state index in [-0.39, 0.29) is 24.1 Å². The lowest BCUT2D eigenvalue weighted by atomic mass is 10.3.